The van der Waals surface area contributed by atoms with Crippen LogP contribution in [0.3, 0.4) is 0 Å². The van der Waals surface area contributed by atoms with E-state index in [0.717, 1.165) is 58.1 Å². The van der Waals surface area contributed by atoms with Gasteiger partial charge in [-0.1, -0.05) is 25.0 Å². The molecule has 1 amide bonds. The van der Waals surface area contributed by atoms with E-state index in [1.165, 1.54) is 12.1 Å². The number of thiazole rings is 1. The number of nitrogens with zero attached hydrogens (tertiary/aromatic N) is 3. The van der Waals surface area contributed by atoms with E-state index in [-0.39, 0.29) is 23.6 Å². The second-order valence-corrected chi connectivity index (χ2v) is 14.6. The van der Waals surface area contributed by atoms with E-state index in [9.17, 15) is 18.7 Å². The minimum atomic E-state index is -2.46. The standard InChI is InChI=1S/C30H32FN5O2S2/c31-22-9-5-21(6-10-22)29-34-26(24-3-1-2-4-25(24)28(37)35-30(19-32)13-14-30)27(39-29)20-7-11-23(12-8-20)36-15-17-40(33,38)18-16-36/h5-12,24-25,33H,1-4,13-18H2,(H,35,37). The minimum Gasteiger partial charge on any atom is -0.370 e. The molecule has 2 heterocycles. The summed E-state index contributed by atoms with van der Waals surface area (Å²) >= 11 is 1.56. The summed E-state index contributed by atoms with van der Waals surface area (Å²) in [7, 11) is -2.46. The molecule has 2 atom stereocenters. The number of carbonyl (C=O) groups is 1. The van der Waals surface area contributed by atoms with Crippen LogP contribution in [0.4, 0.5) is 10.1 Å². The van der Waals surface area contributed by atoms with Gasteiger partial charge in [0.1, 0.15) is 16.4 Å². The van der Waals surface area contributed by atoms with E-state index in [2.05, 4.69) is 40.6 Å². The van der Waals surface area contributed by atoms with Gasteiger partial charge in [-0.25, -0.2) is 13.6 Å². The number of hydrogen-bond acceptors (Lipinski definition) is 7. The highest BCUT2D eigenvalue weighted by atomic mass is 32.2. The lowest BCUT2D eigenvalue weighted by Gasteiger charge is -2.31. The maximum Gasteiger partial charge on any atom is 0.225 e. The van der Waals surface area contributed by atoms with Gasteiger partial charge in [0.15, 0.2) is 0 Å². The summed E-state index contributed by atoms with van der Waals surface area (Å²) in [5.74, 6) is 0.0766. The maximum absolute atomic E-state index is 13.7. The smallest absolute Gasteiger partial charge is 0.225 e. The average Bonchev–Trinajstić information content (AvgIpc) is 3.60. The molecule has 10 heteroatoms. The fraction of sp³-hybridized carbons (Fsp3) is 0.433. The Labute approximate surface area is 238 Å². The Bertz CT molecular complexity index is 1540. The molecular formula is C30H32FN5O2S2. The molecule has 2 aromatic carbocycles. The van der Waals surface area contributed by atoms with Crippen molar-refractivity contribution in [3.8, 4) is 27.1 Å². The van der Waals surface area contributed by atoms with E-state index < -0.39 is 15.3 Å². The number of nitrogens with one attached hydrogen (secondary N) is 2. The number of nitriles is 1. The lowest BCUT2D eigenvalue weighted by molar-refractivity contribution is -0.127. The van der Waals surface area contributed by atoms with Crippen LogP contribution in [0.25, 0.3) is 21.0 Å². The van der Waals surface area contributed by atoms with Crippen molar-refractivity contribution in [3.05, 3.63) is 60.0 Å². The monoisotopic (exact) mass is 577 g/mol. The zero-order chi connectivity index (χ0) is 27.9. The summed E-state index contributed by atoms with van der Waals surface area (Å²) in [5.41, 5.74) is 3.06. The van der Waals surface area contributed by atoms with Crippen molar-refractivity contribution in [2.24, 2.45) is 5.92 Å². The van der Waals surface area contributed by atoms with Crippen LogP contribution in [0.15, 0.2) is 48.5 Å². The van der Waals surface area contributed by atoms with Crippen LogP contribution in [0, 0.1) is 27.8 Å². The molecule has 2 N–H and O–H groups in total. The molecule has 6 rings (SSSR count). The van der Waals surface area contributed by atoms with Crippen molar-refractivity contribution in [1.82, 2.24) is 10.3 Å². The van der Waals surface area contributed by atoms with Gasteiger partial charge in [-0.2, -0.15) is 5.26 Å². The summed E-state index contributed by atoms with van der Waals surface area (Å²) in [6, 6.07) is 16.9. The third-order valence-corrected chi connectivity index (χ3v) is 11.3. The number of hydrogen-bond donors (Lipinski definition) is 2. The second-order valence-electron chi connectivity index (χ2n) is 11.2. The second kappa shape index (κ2) is 10.6. The largest absolute Gasteiger partial charge is 0.370 e. The van der Waals surface area contributed by atoms with Gasteiger partial charge < -0.3 is 10.2 Å². The van der Waals surface area contributed by atoms with E-state index in [1.54, 1.807) is 23.5 Å². The molecule has 1 aromatic heterocycles. The highest BCUT2D eigenvalue weighted by Gasteiger charge is 2.47. The Morgan fingerprint density at radius 3 is 2.38 bits per heavy atom. The number of carbonyl (C=O) groups excluding carboxylic acids is 1. The molecule has 3 fully saturated rings. The highest BCUT2D eigenvalue weighted by molar-refractivity contribution is 7.92. The molecule has 7 nitrogen and oxygen atoms in total. The molecule has 0 spiro atoms. The van der Waals surface area contributed by atoms with E-state index in [4.69, 9.17) is 9.76 Å². The van der Waals surface area contributed by atoms with Gasteiger partial charge in [-0.15, -0.1) is 11.3 Å². The van der Waals surface area contributed by atoms with Gasteiger partial charge in [0.2, 0.25) is 5.91 Å². The van der Waals surface area contributed by atoms with Crippen LogP contribution in [0.1, 0.15) is 50.1 Å². The summed E-state index contributed by atoms with van der Waals surface area (Å²) in [6.45, 7) is 1.20. The van der Waals surface area contributed by atoms with E-state index in [1.807, 2.05) is 0 Å². The summed E-state index contributed by atoms with van der Waals surface area (Å²) < 4.78 is 33.6. The maximum atomic E-state index is 13.7. The van der Waals surface area contributed by atoms with Crippen LogP contribution in [-0.2, 0) is 14.5 Å². The molecule has 40 heavy (non-hydrogen) atoms. The Morgan fingerprint density at radius 2 is 1.73 bits per heavy atom. The normalized spacial score (nSPS) is 23.2. The quantitative estimate of drug-likeness (QED) is 0.377. The molecule has 3 aliphatic rings. The van der Waals surface area contributed by atoms with Crippen LogP contribution in [0.5, 0.6) is 0 Å². The number of benzene rings is 2. The number of halogens is 1. The van der Waals surface area contributed by atoms with Gasteiger partial charge in [0.05, 0.1) is 16.6 Å². The Kier molecular flexibility index (Phi) is 7.13. The first-order chi connectivity index (χ1) is 19.3. The average molecular weight is 578 g/mol. The predicted octanol–water partition coefficient (Wildman–Crippen LogP) is 5.93. The first-order valence-corrected chi connectivity index (χ1v) is 16.6. The van der Waals surface area contributed by atoms with Crippen LogP contribution < -0.4 is 10.2 Å². The van der Waals surface area contributed by atoms with Gasteiger partial charge in [0, 0.05) is 57.4 Å². The lowest BCUT2D eigenvalue weighted by atomic mass is 9.76. The molecule has 2 unspecified atom stereocenters. The van der Waals surface area contributed by atoms with Gasteiger partial charge in [-0.05, 0) is 67.6 Å². The molecule has 3 aromatic rings. The van der Waals surface area contributed by atoms with Crippen LogP contribution in [-0.4, -0.2) is 45.2 Å². The third kappa shape index (κ3) is 5.50. The van der Waals surface area contributed by atoms with Crippen molar-refractivity contribution in [2.45, 2.75) is 50.0 Å². The third-order valence-electron chi connectivity index (χ3n) is 8.40. The van der Waals surface area contributed by atoms with E-state index in [0.29, 0.717) is 37.4 Å². The molecule has 2 saturated carbocycles. The summed E-state index contributed by atoms with van der Waals surface area (Å²) in [4.78, 5) is 21.7. The topological polar surface area (TPSA) is 110 Å². The van der Waals surface area contributed by atoms with Crippen molar-refractivity contribution >= 4 is 32.7 Å². The van der Waals surface area contributed by atoms with Crippen molar-refractivity contribution < 1.29 is 13.4 Å². The zero-order valence-corrected chi connectivity index (χ0v) is 23.8. The predicted molar refractivity (Wildman–Crippen MR) is 156 cm³/mol. The summed E-state index contributed by atoms with van der Waals surface area (Å²) in [5, 5.41) is 13.4. The highest BCUT2D eigenvalue weighted by Crippen LogP contribution is 2.46. The number of anilines is 1. The van der Waals surface area contributed by atoms with Crippen molar-refractivity contribution in [3.63, 3.8) is 0 Å². The number of aromatic nitrogens is 1. The van der Waals surface area contributed by atoms with Crippen LogP contribution in [0.2, 0.25) is 0 Å². The number of rotatable bonds is 6. The van der Waals surface area contributed by atoms with Gasteiger partial charge in [0.25, 0.3) is 0 Å². The summed E-state index contributed by atoms with van der Waals surface area (Å²) in [6.07, 6.45) is 4.97. The molecule has 1 aliphatic heterocycles. The van der Waals surface area contributed by atoms with Crippen molar-refractivity contribution in [1.29, 1.82) is 10.0 Å². The van der Waals surface area contributed by atoms with Gasteiger partial charge >= 0.3 is 0 Å². The number of amides is 1. The Hall–Kier alpha value is -3.29. The van der Waals surface area contributed by atoms with Crippen molar-refractivity contribution in [2.75, 3.05) is 29.5 Å². The lowest BCUT2D eigenvalue weighted by Crippen LogP contribution is -2.42. The molecule has 0 bridgehead atoms. The fourth-order valence-electron chi connectivity index (χ4n) is 5.81. The Morgan fingerprint density at radius 1 is 1.07 bits per heavy atom. The minimum absolute atomic E-state index is 0.0579. The van der Waals surface area contributed by atoms with Crippen LogP contribution >= 0.6 is 11.3 Å². The van der Waals surface area contributed by atoms with E-state index >= 15 is 0 Å². The van der Waals surface area contributed by atoms with Gasteiger partial charge in [-0.3, -0.25) is 9.57 Å². The molecular weight excluding hydrogens is 545 g/mol. The first-order valence-electron chi connectivity index (χ1n) is 13.9. The molecule has 208 valence electrons. The SMILES string of the molecule is N#CC1(NC(=O)C2CCCCC2c2nc(-c3ccc(F)cc3)sc2-c2ccc(N3CCS(=N)(=O)CC3)cc2)CC1. The molecule has 2 aliphatic carbocycles. The Balaban J connectivity index is 1.35. The molecule has 0 radical (unpaired) electrons. The zero-order valence-electron chi connectivity index (χ0n) is 22.2. The molecule has 1 saturated heterocycles. The fourth-order valence-corrected chi connectivity index (χ4v) is 8.19. The first kappa shape index (κ1) is 26.9.